The van der Waals surface area contributed by atoms with E-state index in [4.69, 9.17) is 4.74 Å². The number of rotatable bonds is 9. The van der Waals surface area contributed by atoms with Crippen LogP contribution in [0.15, 0.2) is 83.8 Å². The predicted molar refractivity (Wildman–Crippen MR) is 120 cm³/mol. The van der Waals surface area contributed by atoms with Crippen LogP contribution in [-0.2, 0) is 34.1 Å². The molecule has 0 radical (unpaired) electrons. The van der Waals surface area contributed by atoms with Crippen LogP contribution >= 0.6 is 0 Å². The zero-order valence-corrected chi connectivity index (χ0v) is 19.1. The first-order chi connectivity index (χ1) is 16.1. The van der Waals surface area contributed by atoms with Gasteiger partial charge in [-0.1, -0.05) is 54.6 Å². The molecule has 0 aliphatic rings. The van der Waals surface area contributed by atoms with Crippen molar-refractivity contribution >= 4 is 15.9 Å². The quantitative estimate of drug-likeness (QED) is 0.485. The van der Waals surface area contributed by atoms with Crippen molar-refractivity contribution < 1.29 is 31.1 Å². The topological polar surface area (TPSA) is 75.7 Å². The molecule has 0 aliphatic heterocycles. The Kier molecular flexibility index (Phi) is 7.95. The van der Waals surface area contributed by atoms with Crippen molar-refractivity contribution in [3.8, 4) is 5.75 Å². The number of nitrogens with zero attached hydrogens (tertiary/aromatic N) is 1. The maximum absolute atomic E-state index is 13.5. The summed E-state index contributed by atoms with van der Waals surface area (Å²) in [5.74, 6) is -0.0735. The summed E-state index contributed by atoms with van der Waals surface area (Å²) in [7, 11) is -3.17. The third-order valence-corrected chi connectivity index (χ3v) is 6.81. The normalized spacial score (nSPS) is 11.9. The highest BCUT2D eigenvalue weighted by atomic mass is 32.2. The number of amides is 1. The van der Waals surface area contributed by atoms with E-state index in [9.17, 15) is 26.4 Å². The maximum atomic E-state index is 13.5. The van der Waals surface area contributed by atoms with Crippen molar-refractivity contribution in [3.05, 3.63) is 95.6 Å². The number of benzene rings is 3. The summed E-state index contributed by atoms with van der Waals surface area (Å²) in [6.07, 6.45) is -4.88. The molecule has 180 valence electrons. The third kappa shape index (κ3) is 6.36. The first kappa shape index (κ1) is 25.3. The van der Waals surface area contributed by atoms with Crippen LogP contribution in [0.2, 0.25) is 0 Å². The fraction of sp³-hybridized carbons (Fsp3) is 0.208. The number of carbonyl (C=O) groups excluding carboxylic acids is 1. The van der Waals surface area contributed by atoms with Crippen LogP contribution in [0.25, 0.3) is 0 Å². The van der Waals surface area contributed by atoms with Crippen LogP contribution in [0.1, 0.15) is 16.7 Å². The fourth-order valence-corrected chi connectivity index (χ4v) is 4.87. The lowest BCUT2D eigenvalue weighted by Gasteiger charge is -2.24. The van der Waals surface area contributed by atoms with Crippen molar-refractivity contribution in [1.29, 1.82) is 0 Å². The lowest BCUT2D eigenvalue weighted by atomic mass is 10.2. The van der Waals surface area contributed by atoms with Gasteiger partial charge >= 0.3 is 6.18 Å². The first-order valence-electron chi connectivity index (χ1n) is 10.2. The van der Waals surface area contributed by atoms with Gasteiger partial charge in [-0.2, -0.15) is 17.5 Å². The summed E-state index contributed by atoms with van der Waals surface area (Å²) in [6, 6.07) is 19.2. The second-order valence-corrected chi connectivity index (χ2v) is 9.29. The summed E-state index contributed by atoms with van der Waals surface area (Å²) in [4.78, 5) is 11.8. The number of sulfonamides is 1. The molecule has 0 unspecified atom stereocenters. The Bertz CT molecular complexity index is 1230. The van der Waals surface area contributed by atoms with E-state index in [0.29, 0.717) is 22.9 Å². The molecule has 0 atom stereocenters. The monoisotopic (exact) mass is 492 g/mol. The summed E-state index contributed by atoms with van der Waals surface area (Å²) in [6.45, 7) is -0.844. The largest absolute Gasteiger partial charge is 0.497 e. The molecular weight excluding hydrogens is 469 g/mol. The Morgan fingerprint density at radius 2 is 1.59 bits per heavy atom. The molecular formula is C24H23F3N2O4S. The Balaban J connectivity index is 1.87. The average Bonchev–Trinajstić information content (AvgIpc) is 2.82. The molecule has 0 fully saturated rings. The van der Waals surface area contributed by atoms with Crippen molar-refractivity contribution in [2.75, 3.05) is 13.7 Å². The van der Waals surface area contributed by atoms with E-state index >= 15 is 0 Å². The molecule has 34 heavy (non-hydrogen) atoms. The number of alkyl halides is 3. The van der Waals surface area contributed by atoms with E-state index in [1.165, 1.54) is 13.2 Å². The van der Waals surface area contributed by atoms with E-state index in [1.807, 2.05) is 0 Å². The lowest BCUT2D eigenvalue weighted by molar-refractivity contribution is -0.139. The number of ether oxygens (including phenoxy) is 1. The minimum atomic E-state index is -4.88. The molecule has 10 heteroatoms. The van der Waals surface area contributed by atoms with Gasteiger partial charge in [-0.3, -0.25) is 4.79 Å². The second-order valence-electron chi connectivity index (χ2n) is 7.38. The van der Waals surface area contributed by atoms with Gasteiger partial charge in [0, 0.05) is 13.1 Å². The molecule has 1 amide bonds. The van der Waals surface area contributed by atoms with Gasteiger partial charge in [0.25, 0.3) is 0 Å². The summed E-state index contributed by atoms with van der Waals surface area (Å²) in [5, 5.41) is 2.61. The van der Waals surface area contributed by atoms with Crippen molar-refractivity contribution in [2.24, 2.45) is 0 Å². The number of hydrogen-bond acceptors (Lipinski definition) is 4. The molecule has 0 heterocycles. The van der Waals surface area contributed by atoms with Crippen LogP contribution in [0.4, 0.5) is 13.2 Å². The van der Waals surface area contributed by atoms with E-state index in [-0.39, 0.29) is 13.1 Å². The number of halogens is 3. The molecule has 1 N–H and O–H groups in total. The summed E-state index contributed by atoms with van der Waals surface area (Å²) >= 11 is 0. The first-order valence-corrected chi connectivity index (χ1v) is 11.6. The van der Waals surface area contributed by atoms with Gasteiger partial charge in [0.15, 0.2) is 0 Å². The van der Waals surface area contributed by atoms with Crippen LogP contribution in [-0.4, -0.2) is 32.3 Å². The minimum Gasteiger partial charge on any atom is -0.497 e. The van der Waals surface area contributed by atoms with Crippen molar-refractivity contribution in [2.45, 2.75) is 24.2 Å². The number of methoxy groups -OCH3 is 1. The average molecular weight is 493 g/mol. The zero-order valence-electron chi connectivity index (χ0n) is 18.2. The van der Waals surface area contributed by atoms with Gasteiger partial charge in [0.1, 0.15) is 5.75 Å². The molecule has 0 bridgehead atoms. The molecule has 3 aromatic rings. The van der Waals surface area contributed by atoms with Gasteiger partial charge in [0.05, 0.1) is 24.1 Å². The lowest BCUT2D eigenvalue weighted by Crippen LogP contribution is -2.40. The fourth-order valence-electron chi connectivity index (χ4n) is 3.28. The smallest absolute Gasteiger partial charge is 0.417 e. The number of hydrogen-bond donors (Lipinski definition) is 1. The van der Waals surface area contributed by atoms with Crippen LogP contribution < -0.4 is 10.1 Å². The number of nitrogens with one attached hydrogen (secondary N) is 1. The zero-order chi connectivity index (χ0) is 24.8. The number of carbonyl (C=O) groups is 1. The highest BCUT2D eigenvalue weighted by Crippen LogP contribution is 2.35. The van der Waals surface area contributed by atoms with Gasteiger partial charge in [-0.05, 0) is 35.4 Å². The Labute approximate surface area is 196 Å². The Morgan fingerprint density at radius 1 is 0.941 bits per heavy atom. The minimum absolute atomic E-state index is 0.0917. The second kappa shape index (κ2) is 10.7. The SMILES string of the molecule is COc1cccc(CNC(=O)CN(Cc2ccccc2)S(=O)(=O)c2ccccc2C(F)(F)F)c1. The van der Waals surface area contributed by atoms with Gasteiger partial charge in [-0.25, -0.2) is 8.42 Å². The van der Waals surface area contributed by atoms with Crippen molar-refractivity contribution in [1.82, 2.24) is 9.62 Å². The Hall–Kier alpha value is -3.37. The van der Waals surface area contributed by atoms with Gasteiger partial charge in [0.2, 0.25) is 15.9 Å². The molecule has 3 rings (SSSR count). The van der Waals surface area contributed by atoms with Gasteiger partial charge in [-0.15, -0.1) is 0 Å². The molecule has 0 aromatic heterocycles. The summed E-state index contributed by atoms with van der Waals surface area (Å²) < 4.78 is 73.1. The molecule has 6 nitrogen and oxygen atoms in total. The van der Waals surface area contributed by atoms with Gasteiger partial charge < -0.3 is 10.1 Å². The maximum Gasteiger partial charge on any atom is 0.417 e. The van der Waals surface area contributed by atoms with E-state index in [1.54, 1.807) is 54.6 Å². The Morgan fingerprint density at radius 3 is 2.26 bits per heavy atom. The molecule has 3 aromatic carbocycles. The van der Waals surface area contributed by atoms with Crippen LogP contribution in [0, 0.1) is 0 Å². The molecule has 0 aliphatic carbocycles. The van der Waals surface area contributed by atoms with E-state index < -0.39 is 39.1 Å². The van der Waals surface area contributed by atoms with E-state index in [2.05, 4.69) is 5.32 Å². The highest BCUT2D eigenvalue weighted by Gasteiger charge is 2.39. The van der Waals surface area contributed by atoms with E-state index in [0.717, 1.165) is 16.4 Å². The molecule has 0 saturated carbocycles. The molecule has 0 spiro atoms. The van der Waals surface area contributed by atoms with Crippen LogP contribution in [0.5, 0.6) is 5.75 Å². The molecule has 0 saturated heterocycles. The standard InChI is InChI=1S/C24H23F3N2O4S/c1-33-20-11-7-10-19(14-20)15-28-23(30)17-29(16-18-8-3-2-4-9-18)34(31,32)22-13-6-5-12-21(22)24(25,26)27/h2-14H,15-17H2,1H3,(H,28,30). The third-order valence-electron chi connectivity index (χ3n) is 4.96. The predicted octanol–water partition coefficient (Wildman–Crippen LogP) is 4.22. The van der Waals surface area contributed by atoms with Crippen molar-refractivity contribution in [3.63, 3.8) is 0 Å². The highest BCUT2D eigenvalue weighted by molar-refractivity contribution is 7.89. The van der Waals surface area contributed by atoms with Crippen LogP contribution in [0.3, 0.4) is 0 Å². The summed E-state index contributed by atoms with van der Waals surface area (Å²) in [5.41, 5.74) is -0.0476.